The average molecular weight is 695 g/mol. The Balaban J connectivity index is 1.31. The molecule has 0 nitrogen and oxygen atoms in total. The maximum absolute atomic E-state index is 2.67. The van der Waals surface area contributed by atoms with E-state index in [1.165, 1.54) is 166 Å². The van der Waals surface area contributed by atoms with E-state index in [1.54, 1.807) is 11.1 Å². The predicted octanol–water partition coefficient (Wildman–Crippen LogP) is 16.4. The molecule has 7 aromatic carbocycles. The van der Waals surface area contributed by atoms with Crippen molar-refractivity contribution in [3.8, 4) is 22.3 Å². The van der Waals surface area contributed by atoms with E-state index in [1.807, 2.05) is 0 Å². The number of hydrogen-bond acceptors (Lipinski definition) is 0. The molecule has 0 saturated carbocycles. The standard InChI is InChI=1S/C53H58/c1-5-7-9-11-13-19-29-53(30-20-14-12-10-8-6-2)50-31-37(3)25-27-45(50)46-28-26-41(36-51(46)53)52-47-24-18-17-23-44(47)38(4)48-34-42-32-39-21-15-16-22-40(39)33-43(42)35-49(48)52/h15-18,21-28,31-36H,5-14,19-20,29-30H2,1-4H3. The van der Waals surface area contributed by atoms with Crippen LogP contribution >= 0.6 is 0 Å². The van der Waals surface area contributed by atoms with Gasteiger partial charge in [-0.15, -0.1) is 0 Å². The van der Waals surface area contributed by atoms with Crippen molar-refractivity contribution >= 4 is 43.1 Å². The molecule has 0 bridgehead atoms. The zero-order chi connectivity index (χ0) is 36.4. The second-order valence-electron chi connectivity index (χ2n) is 16.4. The van der Waals surface area contributed by atoms with Gasteiger partial charge in [-0.3, -0.25) is 0 Å². The Morgan fingerprint density at radius 2 is 0.943 bits per heavy atom. The van der Waals surface area contributed by atoms with E-state index in [2.05, 4.69) is 137 Å². The lowest BCUT2D eigenvalue weighted by atomic mass is 9.70. The molecule has 1 aliphatic carbocycles. The third-order valence-electron chi connectivity index (χ3n) is 12.8. The van der Waals surface area contributed by atoms with E-state index >= 15 is 0 Å². The Labute approximate surface area is 318 Å². The van der Waals surface area contributed by atoms with Crippen LogP contribution < -0.4 is 0 Å². The highest BCUT2D eigenvalue weighted by molar-refractivity contribution is 6.18. The first-order valence-corrected chi connectivity index (χ1v) is 21.1. The molecule has 53 heavy (non-hydrogen) atoms. The molecular weight excluding hydrogens is 637 g/mol. The molecule has 0 saturated heterocycles. The van der Waals surface area contributed by atoms with Crippen LogP contribution in [0.15, 0.2) is 109 Å². The molecule has 0 radical (unpaired) electrons. The summed E-state index contributed by atoms with van der Waals surface area (Å²) in [7, 11) is 0. The van der Waals surface area contributed by atoms with Crippen LogP contribution in [0.5, 0.6) is 0 Å². The van der Waals surface area contributed by atoms with Crippen molar-refractivity contribution < 1.29 is 0 Å². The third kappa shape index (κ3) is 6.69. The lowest BCUT2D eigenvalue weighted by molar-refractivity contribution is 0.398. The Hall–Kier alpha value is -4.42. The van der Waals surface area contributed by atoms with Gasteiger partial charge in [-0.2, -0.15) is 0 Å². The Morgan fingerprint density at radius 3 is 1.58 bits per heavy atom. The van der Waals surface area contributed by atoms with Crippen LogP contribution in [0.25, 0.3) is 65.3 Å². The molecule has 0 heterocycles. The van der Waals surface area contributed by atoms with E-state index in [-0.39, 0.29) is 5.41 Å². The summed E-state index contributed by atoms with van der Waals surface area (Å²) in [5.74, 6) is 0. The summed E-state index contributed by atoms with van der Waals surface area (Å²) >= 11 is 0. The summed E-state index contributed by atoms with van der Waals surface area (Å²) in [4.78, 5) is 0. The Kier molecular flexibility index (Phi) is 10.4. The topological polar surface area (TPSA) is 0 Å². The van der Waals surface area contributed by atoms with Crippen LogP contribution in [0.4, 0.5) is 0 Å². The SMILES string of the molecule is CCCCCCCCC1(CCCCCCCC)c2cc(C)ccc2-c2ccc(-c3c4ccccc4c(C)c4cc5cc6ccccc6cc5cc34)cc21. The fourth-order valence-electron chi connectivity index (χ4n) is 9.98. The average Bonchev–Trinajstić information content (AvgIpc) is 3.44. The van der Waals surface area contributed by atoms with Gasteiger partial charge in [0.05, 0.1) is 0 Å². The number of fused-ring (bicyclic) bond motifs is 7. The van der Waals surface area contributed by atoms with Gasteiger partial charge in [0.15, 0.2) is 0 Å². The molecule has 0 spiro atoms. The minimum absolute atomic E-state index is 0.0596. The Bertz CT molecular complexity index is 2390. The fourth-order valence-corrected chi connectivity index (χ4v) is 9.98. The molecule has 0 heteroatoms. The van der Waals surface area contributed by atoms with E-state index in [9.17, 15) is 0 Å². The second-order valence-corrected chi connectivity index (χ2v) is 16.4. The molecule has 270 valence electrons. The van der Waals surface area contributed by atoms with Crippen molar-refractivity contribution in [2.45, 2.75) is 123 Å². The van der Waals surface area contributed by atoms with E-state index in [4.69, 9.17) is 0 Å². The minimum Gasteiger partial charge on any atom is -0.0654 e. The first kappa shape index (κ1) is 35.6. The van der Waals surface area contributed by atoms with Crippen molar-refractivity contribution in [3.05, 3.63) is 131 Å². The molecule has 0 atom stereocenters. The van der Waals surface area contributed by atoms with E-state index in [0.717, 1.165) is 0 Å². The third-order valence-corrected chi connectivity index (χ3v) is 12.8. The quantitative estimate of drug-likeness (QED) is 0.0740. The number of hydrogen-bond donors (Lipinski definition) is 0. The molecule has 0 fully saturated rings. The van der Waals surface area contributed by atoms with Gasteiger partial charge < -0.3 is 0 Å². The first-order chi connectivity index (χ1) is 26.0. The molecule has 0 N–H and O–H groups in total. The maximum atomic E-state index is 2.67. The van der Waals surface area contributed by atoms with Gasteiger partial charge in [0, 0.05) is 5.41 Å². The molecule has 0 amide bonds. The van der Waals surface area contributed by atoms with Crippen LogP contribution in [0.1, 0.15) is 126 Å². The van der Waals surface area contributed by atoms with Gasteiger partial charge in [-0.05, 0) is 139 Å². The molecular formula is C53H58. The molecule has 8 rings (SSSR count). The smallest absolute Gasteiger partial charge is 0.0215 e. The van der Waals surface area contributed by atoms with Crippen LogP contribution in [0.2, 0.25) is 0 Å². The van der Waals surface area contributed by atoms with Crippen molar-refractivity contribution in [2.75, 3.05) is 0 Å². The highest BCUT2D eigenvalue weighted by atomic mass is 14.5. The van der Waals surface area contributed by atoms with Gasteiger partial charge in [0.25, 0.3) is 0 Å². The lowest BCUT2D eigenvalue weighted by Crippen LogP contribution is -2.25. The predicted molar refractivity (Wildman–Crippen MR) is 234 cm³/mol. The summed E-state index contributed by atoms with van der Waals surface area (Å²) in [5, 5.41) is 10.7. The zero-order valence-corrected chi connectivity index (χ0v) is 32.8. The van der Waals surface area contributed by atoms with Gasteiger partial charge in [0.2, 0.25) is 0 Å². The van der Waals surface area contributed by atoms with Crippen LogP contribution in [-0.2, 0) is 5.41 Å². The van der Waals surface area contributed by atoms with Crippen LogP contribution in [0, 0.1) is 13.8 Å². The Morgan fingerprint density at radius 1 is 0.415 bits per heavy atom. The minimum atomic E-state index is 0.0596. The molecule has 1 aliphatic rings. The summed E-state index contributed by atoms with van der Waals surface area (Å²) in [6.07, 6.45) is 18.6. The number of aryl methyl sites for hydroxylation is 2. The highest BCUT2D eigenvalue weighted by Gasteiger charge is 2.42. The van der Waals surface area contributed by atoms with Crippen molar-refractivity contribution in [3.63, 3.8) is 0 Å². The summed E-state index contributed by atoms with van der Waals surface area (Å²) < 4.78 is 0. The number of rotatable bonds is 15. The van der Waals surface area contributed by atoms with Gasteiger partial charge in [-0.25, -0.2) is 0 Å². The maximum Gasteiger partial charge on any atom is 0.0215 e. The molecule has 0 unspecified atom stereocenters. The molecule has 0 aliphatic heterocycles. The first-order valence-electron chi connectivity index (χ1n) is 21.1. The van der Waals surface area contributed by atoms with Gasteiger partial charge >= 0.3 is 0 Å². The van der Waals surface area contributed by atoms with Crippen molar-refractivity contribution in [1.29, 1.82) is 0 Å². The monoisotopic (exact) mass is 694 g/mol. The molecule has 0 aromatic heterocycles. The van der Waals surface area contributed by atoms with E-state index in [0.29, 0.717) is 0 Å². The number of unbranched alkanes of at least 4 members (excludes halogenated alkanes) is 10. The normalized spacial score (nSPS) is 13.4. The number of benzene rings is 7. The lowest BCUT2D eigenvalue weighted by Gasteiger charge is -2.33. The summed E-state index contributed by atoms with van der Waals surface area (Å²) in [6, 6.07) is 42.7. The second kappa shape index (κ2) is 15.5. The summed E-state index contributed by atoms with van der Waals surface area (Å²) in [6.45, 7) is 9.28. The zero-order valence-electron chi connectivity index (χ0n) is 32.8. The van der Waals surface area contributed by atoms with Crippen molar-refractivity contribution in [1.82, 2.24) is 0 Å². The van der Waals surface area contributed by atoms with E-state index < -0.39 is 0 Å². The van der Waals surface area contributed by atoms with Gasteiger partial charge in [0.1, 0.15) is 0 Å². The fraction of sp³-hybridized carbons (Fsp3) is 0.358. The van der Waals surface area contributed by atoms with Gasteiger partial charge in [-0.1, -0.05) is 175 Å². The van der Waals surface area contributed by atoms with Crippen molar-refractivity contribution in [2.24, 2.45) is 0 Å². The largest absolute Gasteiger partial charge is 0.0654 e. The highest BCUT2D eigenvalue weighted by Crippen LogP contribution is 2.56. The summed E-state index contributed by atoms with van der Waals surface area (Å²) in [5.41, 5.74) is 11.7. The van der Waals surface area contributed by atoms with Crippen LogP contribution in [-0.4, -0.2) is 0 Å². The van der Waals surface area contributed by atoms with Crippen LogP contribution in [0.3, 0.4) is 0 Å². The molecule has 7 aromatic rings.